The van der Waals surface area contributed by atoms with E-state index in [4.69, 9.17) is 4.74 Å². The Balaban J connectivity index is 1.87. The van der Waals surface area contributed by atoms with E-state index in [1.807, 2.05) is 42.5 Å². The van der Waals surface area contributed by atoms with Gasteiger partial charge in [-0.2, -0.15) is 5.10 Å². The molecular formula is C21H24Br2N2O2. The molecule has 0 saturated carbocycles. The van der Waals surface area contributed by atoms with Crippen molar-refractivity contribution < 1.29 is 9.53 Å². The second-order valence-corrected chi connectivity index (χ2v) is 7.89. The molecule has 0 aliphatic rings. The Morgan fingerprint density at radius 2 is 1.81 bits per heavy atom. The maximum Gasteiger partial charge on any atom is 0.244 e. The summed E-state index contributed by atoms with van der Waals surface area (Å²) in [5.41, 5.74) is 4.36. The number of benzene rings is 2. The van der Waals surface area contributed by atoms with Gasteiger partial charge in [-0.1, -0.05) is 56.5 Å². The Morgan fingerprint density at radius 3 is 2.48 bits per heavy atom. The minimum atomic E-state index is -0.150. The van der Waals surface area contributed by atoms with Crippen LogP contribution in [0, 0.1) is 0 Å². The van der Waals surface area contributed by atoms with Crippen LogP contribution in [0.15, 0.2) is 56.5 Å². The molecule has 1 amide bonds. The van der Waals surface area contributed by atoms with Gasteiger partial charge in [-0.05, 0) is 61.5 Å². The SMILES string of the molecule is CCCCCCOc1c(Br)cc(/C=N/NC(=O)Cc2ccccc2)cc1Br. The summed E-state index contributed by atoms with van der Waals surface area (Å²) in [6.45, 7) is 2.89. The number of carbonyl (C=O) groups excluding carboxylic acids is 1. The lowest BCUT2D eigenvalue weighted by Gasteiger charge is -2.11. The van der Waals surface area contributed by atoms with Gasteiger partial charge in [-0.3, -0.25) is 4.79 Å². The first-order valence-corrected chi connectivity index (χ1v) is 10.7. The van der Waals surface area contributed by atoms with Crippen molar-refractivity contribution in [2.24, 2.45) is 5.10 Å². The van der Waals surface area contributed by atoms with Crippen molar-refractivity contribution in [3.05, 3.63) is 62.5 Å². The van der Waals surface area contributed by atoms with Gasteiger partial charge in [-0.25, -0.2) is 5.43 Å². The minimum absolute atomic E-state index is 0.150. The summed E-state index contributed by atoms with van der Waals surface area (Å²) in [5, 5.41) is 4.04. The zero-order chi connectivity index (χ0) is 19.5. The predicted molar refractivity (Wildman–Crippen MR) is 117 cm³/mol. The number of unbranched alkanes of at least 4 members (excludes halogenated alkanes) is 3. The van der Waals surface area contributed by atoms with Crippen LogP contribution in [0.25, 0.3) is 0 Å². The molecule has 6 heteroatoms. The molecule has 0 heterocycles. The van der Waals surface area contributed by atoms with Crippen molar-refractivity contribution in [3.63, 3.8) is 0 Å². The van der Waals surface area contributed by atoms with E-state index in [0.29, 0.717) is 13.0 Å². The quantitative estimate of drug-likeness (QED) is 0.255. The van der Waals surface area contributed by atoms with Gasteiger partial charge in [0.15, 0.2) is 0 Å². The summed E-state index contributed by atoms with van der Waals surface area (Å²) in [4.78, 5) is 11.9. The van der Waals surface area contributed by atoms with Crippen LogP contribution >= 0.6 is 31.9 Å². The molecule has 2 aromatic rings. The molecule has 0 unspecified atom stereocenters. The Kier molecular flexibility index (Phi) is 9.56. The fourth-order valence-corrected chi connectivity index (χ4v) is 3.95. The smallest absolute Gasteiger partial charge is 0.244 e. The van der Waals surface area contributed by atoms with Gasteiger partial charge in [0.25, 0.3) is 0 Å². The standard InChI is InChI=1S/C21H24Br2N2O2/c1-2-3-4-8-11-27-21-18(22)12-17(13-19(21)23)15-24-25-20(26)14-16-9-6-5-7-10-16/h5-7,9-10,12-13,15H,2-4,8,11,14H2,1H3,(H,25,26)/b24-15+. The minimum Gasteiger partial charge on any atom is -0.491 e. The molecule has 0 aliphatic heterocycles. The molecule has 0 fully saturated rings. The number of hydrogen-bond acceptors (Lipinski definition) is 3. The second kappa shape index (κ2) is 11.9. The summed E-state index contributed by atoms with van der Waals surface area (Å²) < 4.78 is 7.57. The molecule has 0 spiro atoms. The molecule has 2 rings (SSSR count). The molecule has 0 bridgehead atoms. The number of hydrogen-bond donors (Lipinski definition) is 1. The van der Waals surface area contributed by atoms with E-state index in [2.05, 4.69) is 49.3 Å². The number of amides is 1. The molecule has 4 nitrogen and oxygen atoms in total. The van der Waals surface area contributed by atoms with E-state index in [-0.39, 0.29) is 5.91 Å². The first-order valence-electron chi connectivity index (χ1n) is 9.07. The Morgan fingerprint density at radius 1 is 1.11 bits per heavy atom. The van der Waals surface area contributed by atoms with Crippen LogP contribution in [0.2, 0.25) is 0 Å². The highest BCUT2D eigenvalue weighted by Gasteiger charge is 2.08. The van der Waals surface area contributed by atoms with Gasteiger partial charge in [-0.15, -0.1) is 0 Å². The topological polar surface area (TPSA) is 50.7 Å². The fraction of sp³-hybridized carbons (Fsp3) is 0.333. The highest BCUT2D eigenvalue weighted by atomic mass is 79.9. The third-order valence-electron chi connectivity index (χ3n) is 3.88. The monoisotopic (exact) mass is 494 g/mol. The Labute approximate surface area is 177 Å². The summed E-state index contributed by atoms with van der Waals surface area (Å²) >= 11 is 7.08. The van der Waals surface area contributed by atoms with E-state index < -0.39 is 0 Å². The molecule has 0 saturated heterocycles. The van der Waals surface area contributed by atoms with Crippen molar-refractivity contribution in [3.8, 4) is 5.75 Å². The van der Waals surface area contributed by atoms with Gasteiger partial charge in [0, 0.05) is 0 Å². The molecule has 0 aromatic heterocycles. The second-order valence-electron chi connectivity index (χ2n) is 6.18. The van der Waals surface area contributed by atoms with Crippen LogP contribution in [0.3, 0.4) is 0 Å². The maximum atomic E-state index is 11.9. The highest BCUT2D eigenvalue weighted by molar-refractivity contribution is 9.11. The first kappa shape index (κ1) is 21.6. The Hall–Kier alpha value is -1.66. The van der Waals surface area contributed by atoms with E-state index in [9.17, 15) is 4.79 Å². The predicted octanol–water partition coefficient (Wildman–Crippen LogP) is 5.86. The van der Waals surface area contributed by atoms with E-state index in [1.165, 1.54) is 19.3 Å². The van der Waals surface area contributed by atoms with Gasteiger partial charge in [0.1, 0.15) is 5.75 Å². The molecule has 27 heavy (non-hydrogen) atoms. The number of halogens is 2. The van der Waals surface area contributed by atoms with Crippen LogP contribution in [0.4, 0.5) is 0 Å². The first-order chi connectivity index (χ1) is 13.1. The molecule has 0 aliphatic carbocycles. The average Bonchev–Trinajstić information content (AvgIpc) is 2.64. The summed E-state index contributed by atoms with van der Waals surface area (Å²) in [6.07, 6.45) is 6.59. The number of nitrogens with zero attached hydrogens (tertiary/aromatic N) is 1. The third-order valence-corrected chi connectivity index (χ3v) is 5.05. The number of nitrogens with one attached hydrogen (secondary N) is 1. The normalized spacial score (nSPS) is 10.9. The van der Waals surface area contributed by atoms with Crippen LogP contribution in [-0.4, -0.2) is 18.7 Å². The van der Waals surface area contributed by atoms with Crippen molar-refractivity contribution in [2.75, 3.05) is 6.61 Å². The maximum absolute atomic E-state index is 11.9. The van der Waals surface area contributed by atoms with Crippen molar-refractivity contribution in [1.82, 2.24) is 5.43 Å². The van der Waals surface area contributed by atoms with Gasteiger partial charge >= 0.3 is 0 Å². The van der Waals surface area contributed by atoms with Gasteiger partial charge in [0.05, 0.1) is 28.2 Å². The van der Waals surface area contributed by atoms with Crippen LogP contribution in [0.1, 0.15) is 43.7 Å². The lowest BCUT2D eigenvalue weighted by molar-refractivity contribution is -0.120. The number of ether oxygens (including phenoxy) is 1. The highest BCUT2D eigenvalue weighted by Crippen LogP contribution is 2.34. The van der Waals surface area contributed by atoms with Crippen LogP contribution < -0.4 is 10.2 Å². The van der Waals surface area contributed by atoms with Crippen LogP contribution in [-0.2, 0) is 11.2 Å². The zero-order valence-corrected chi connectivity index (χ0v) is 18.6. The molecular weight excluding hydrogens is 472 g/mol. The van der Waals surface area contributed by atoms with Gasteiger partial charge in [0.2, 0.25) is 5.91 Å². The summed E-state index contributed by atoms with van der Waals surface area (Å²) in [7, 11) is 0. The number of rotatable bonds is 10. The summed E-state index contributed by atoms with van der Waals surface area (Å²) in [5.74, 6) is 0.638. The van der Waals surface area contributed by atoms with E-state index >= 15 is 0 Å². The van der Waals surface area contributed by atoms with E-state index in [0.717, 1.165) is 32.2 Å². The van der Waals surface area contributed by atoms with Crippen LogP contribution in [0.5, 0.6) is 5.75 Å². The average molecular weight is 496 g/mol. The molecule has 0 atom stereocenters. The molecule has 2 aromatic carbocycles. The largest absolute Gasteiger partial charge is 0.491 e. The molecule has 0 radical (unpaired) electrons. The number of hydrazone groups is 1. The summed E-state index contributed by atoms with van der Waals surface area (Å²) in [6, 6.07) is 13.4. The van der Waals surface area contributed by atoms with Gasteiger partial charge < -0.3 is 4.74 Å². The lowest BCUT2D eigenvalue weighted by atomic mass is 10.1. The lowest BCUT2D eigenvalue weighted by Crippen LogP contribution is -2.19. The molecule has 144 valence electrons. The van der Waals surface area contributed by atoms with E-state index in [1.54, 1.807) is 6.21 Å². The zero-order valence-electron chi connectivity index (χ0n) is 15.4. The van der Waals surface area contributed by atoms with Crippen molar-refractivity contribution in [2.45, 2.75) is 39.0 Å². The van der Waals surface area contributed by atoms with Crippen molar-refractivity contribution in [1.29, 1.82) is 0 Å². The number of carbonyl (C=O) groups is 1. The third kappa shape index (κ3) is 7.85. The fourth-order valence-electron chi connectivity index (χ4n) is 2.49. The Bertz CT molecular complexity index is 741. The van der Waals surface area contributed by atoms with Crippen molar-refractivity contribution >= 4 is 44.0 Å². The molecule has 1 N–H and O–H groups in total.